The van der Waals surface area contributed by atoms with Gasteiger partial charge < -0.3 is 22.1 Å². The first-order chi connectivity index (χ1) is 13.6. The van der Waals surface area contributed by atoms with Crippen molar-refractivity contribution < 1.29 is 30.7 Å². The molecule has 5 rings (SSSR count). The number of nitrogens with zero attached hydrogens (tertiary/aromatic N) is 2. The summed E-state index contributed by atoms with van der Waals surface area (Å²) in [5, 5.41) is 2.00. The van der Waals surface area contributed by atoms with Crippen LogP contribution in [0.15, 0.2) is 60.9 Å². The number of H-pyrrole nitrogens is 1. The van der Waals surface area contributed by atoms with Crippen molar-refractivity contribution >= 4 is 33.3 Å². The number of aromatic nitrogens is 3. The topological polar surface area (TPSA) is 51.1 Å². The number of hydrogen-bond donors (Lipinski definition) is 1. The Morgan fingerprint density at radius 2 is 1.83 bits per heavy atom. The minimum Gasteiger partial charge on any atom is -1.00 e. The lowest BCUT2D eigenvalue weighted by molar-refractivity contribution is -0.514. The lowest BCUT2D eigenvalue weighted by Gasteiger charge is -2.00. The largest absolute Gasteiger partial charge is 1.00 e. The molecule has 0 bridgehead atoms. The van der Waals surface area contributed by atoms with E-state index < -0.39 is 5.97 Å². The highest BCUT2D eigenvalue weighted by Crippen LogP contribution is 2.30. The Morgan fingerprint density at radius 1 is 1.10 bits per heavy atom. The molecule has 29 heavy (non-hydrogen) atoms. The third-order valence-electron chi connectivity index (χ3n) is 5.20. The molecule has 0 aliphatic carbocycles. The molecule has 3 aromatic heterocycles. The maximum atomic E-state index is 13.4. The fourth-order valence-corrected chi connectivity index (χ4v) is 3.86. The Labute approximate surface area is 171 Å². The molecule has 0 unspecified atom stereocenters. The quantitative estimate of drug-likeness (QED) is 0.350. The van der Waals surface area contributed by atoms with E-state index in [1.165, 1.54) is 19.2 Å². The molecule has 0 saturated heterocycles. The van der Waals surface area contributed by atoms with E-state index in [4.69, 9.17) is 4.74 Å². The molecule has 0 aliphatic rings. The van der Waals surface area contributed by atoms with E-state index in [-0.39, 0.29) is 18.2 Å². The van der Waals surface area contributed by atoms with E-state index in [0.717, 1.165) is 38.7 Å². The minimum atomic E-state index is -0.418. The summed E-state index contributed by atoms with van der Waals surface area (Å²) < 4.78 is 22.2. The highest BCUT2D eigenvalue weighted by molar-refractivity contribution is 6.12. The van der Waals surface area contributed by atoms with Crippen molar-refractivity contribution in [2.75, 3.05) is 7.11 Å². The number of fused-ring (bicyclic) bond motifs is 5. The molecular formula is C22H17ClFN3O2. The van der Waals surface area contributed by atoms with Crippen LogP contribution in [0.5, 0.6) is 0 Å². The van der Waals surface area contributed by atoms with E-state index in [1.807, 2.05) is 52.6 Å². The van der Waals surface area contributed by atoms with Gasteiger partial charge in [-0.05, 0) is 30.3 Å². The van der Waals surface area contributed by atoms with Crippen LogP contribution in [0, 0.1) is 12.7 Å². The molecule has 5 nitrogen and oxygen atoms in total. The summed E-state index contributed by atoms with van der Waals surface area (Å²) >= 11 is 0. The Hall–Kier alpha value is -3.38. The average Bonchev–Trinajstić information content (AvgIpc) is 3.25. The smallest absolute Gasteiger partial charge is 0.378 e. The molecular weight excluding hydrogens is 393 g/mol. The summed E-state index contributed by atoms with van der Waals surface area (Å²) in [7, 11) is 1.37. The number of ether oxygens (including phenoxy) is 1. The zero-order valence-corrected chi connectivity index (χ0v) is 16.5. The Morgan fingerprint density at radius 3 is 2.55 bits per heavy atom. The normalized spacial score (nSPS) is 11.1. The zero-order valence-electron chi connectivity index (χ0n) is 15.7. The van der Waals surface area contributed by atoms with Crippen molar-refractivity contribution in [1.29, 1.82) is 0 Å². The SMILES string of the molecule is COC(=O)c1cc2c3ccccc3[nH]c2c2c(C)n(-c3ccc(F)cc3)c[n+]12.[Cl-]. The van der Waals surface area contributed by atoms with Gasteiger partial charge in [-0.25, -0.2) is 9.18 Å². The molecule has 2 aromatic carbocycles. The van der Waals surface area contributed by atoms with Crippen LogP contribution >= 0.6 is 0 Å². The molecule has 0 saturated carbocycles. The van der Waals surface area contributed by atoms with Crippen molar-refractivity contribution in [3.63, 3.8) is 0 Å². The monoisotopic (exact) mass is 409 g/mol. The second-order valence-corrected chi connectivity index (χ2v) is 6.75. The number of benzene rings is 2. The average molecular weight is 410 g/mol. The van der Waals surface area contributed by atoms with Gasteiger partial charge in [-0.1, -0.05) is 18.2 Å². The predicted molar refractivity (Wildman–Crippen MR) is 104 cm³/mol. The highest BCUT2D eigenvalue weighted by atomic mass is 35.5. The molecule has 0 aliphatic heterocycles. The van der Waals surface area contributed by atoms with Crippen molar-refractivity contribution in [2.45, 2.75) is 6.92 Å². The maximum absolute atomic E-state index is 13.4. The van der Waals surface area contributed by atoms with Crippen molar-refractivity contribution in [1.82, 2.24) is 9.55 Å². The van der Waals surface area contributed by atoms with Gasteiger partial charge in [0.25, 0.3) is 6.33 Å². The van der Waals surface area contributed by atoms with Gasteiger partial charge >= 0.3 is 5.97 Å². The van der Waals surface area contributed by atoms with Crippen LogP contribution in [0.2, 0.25) is 0 Å². The van der Waals surface area contributed by atoms with E-state index in [2.05, 4.69) is 4.98 Å². The highest BCUT2D eigenvalue weighted by Gasteiger charge is 2.26. The summed E-state index contributed by atoms with van der Waals surface area (Å²) in [6.07, 6.45) is 1.83. The Kier molecular flexibility index (Phi) is 4.51. The molecule has 7 heteroatoms. The maximum Gasteiger partial charge on any atom is 0.378 e. The van der Waals surface area contributed by atoms with Crippen LogP contribution in [-0.4, -0.2) is 22.6 Å². The standard InChI is InChI=1S/C22H16FN3O2.ClH/c1-13-21-20-17(16-5-3-4-6-18(16)24-20)11-19(22(27)28-2)26(21)12-25(13)15-9-7-14(23)8-10-15;/h3-12H,1-2H3;1H. The molecule has 1 N–H and O–H groups in total. The van der Waals surface area contributed by atoms with Crippen molar-refractivity contribution in [2.24, 2.45) is 0 Å². The number of halogens is 2. The van der Waals surface area contributed by atoms with Gasteiger partial charge in [0, 0.05) is 29.3 Å². The summed E-state index contributed by atoms with van der Waals surface area (Å²) in [6, 6.07) is 16.1. The molecule has 146 valence electrons. The van der Waals surface area contributed by atoms with E-state index in [0.29, 0.717) is 5.69 Å². The number of para-hydroxylation sites is 1. The van der Waals surface area contributed by atoms with Gasteiger partial charge in [-0.15, -0.1) is 0 Å². The van der Waals surface area contributed by atoms with Crippen LogP contribution in [0.1, 0.15) is 16.2 Å². The number of nitrogens with one attached hydrogen (secondary N) is 1. The van der Waals surface area contributed by atoms with Crippen LogP contribution in [-0.2, 0) is 4.74 Å². The minimum absolute atomic E-state index is 0. The van der Waals surface area contributed by atoms with Gasteiger partial charge in [0.1, 0.15) is 11.5 Å². The van der Waals surface area contributed by atoms with Crippen molar-refractivity contribution in [3.8, 4) is 5.69 Å². The van der Waals surface area contributed by atoms with Crippen LogP contribution in [0.4, 0.5) is 4.39 Å². The summed E-state index contributed by atoms with van der Waals surface area (Å²) in [5.74, 6) is -0.711. The first-order valence-corrected chi connectivity index (χ1v) is 8.89. The number of rotatable bonds is 2. The second-order valence-electron chi connectivity index (χ2n) is 6.75. The molecule has 0 fully saturated rings. The molecule has 0 atom stereocenters. The number of carbonyl (C=O) groups excluding carboxylic acids is 1. The van der Waals surface area contributed by atoms with E-state index in [1.54, 1.807) is 12.1 Å². The molecule has 0 spiro atoms. The van der Waals surface area contributed by atoms with E-state index in [9.17, 15) is 9.18 Å². The van der Waals surface area contributed by atoms with E-state index >= 15 is 0 Å². The summed E-state index contributed by atoms with van der Waals surface area (Å²) in [6.45, 7) is 1.98. The first kappa shape index (κ1) is 19.0. The summed E-state index contributed by atoms with van der Waals surface area (Å²) in [4.78, 5) is 16.0. The third-order valence-corrected chi connectivity index (χ3v) is 5.20. The first-order valence-electron chi connectivity index (χ1n) is 8.89. The summed E-state index contributed by atoms with van der Waals surface area (Å²) in [5.41, 5.74) is 4.97. The number of aromatic amines is 1. The Balaban J connectivity index is 0.00000205. The van der Waals surface area contributed by atoms with Gasteiger partial charge in [0.2, 0.25) is 5.69 Å². The van der Waals surface area contributed by atoms with Gasteiger partial charge in [0.05, 0.1) is 12.6 Å². The zero-order chi connectivity index (χ0) is 19.4. The molecule has 3 heterocycles. The Bertz CT molecular complexity index is 1390. The number of imidazole rings is 1. The van der Waals surface area contributed by atoms with Crippen molar-refractivity contribution in [3.05, 3.63) is 78.1 Å². The number of carbonyl (C=O) groups is 1. The molecule has 5 aromatic rings. The van der Waals surface area contributed by atoms with Gasteiger partial charge in [0.15, 0.2) is 11.2 Å². The second kappa shape index (κ2) is 6.90. The third kappa shape index (κ3) is 2.76. The van der Waals surface area contributed by atoms with Gasteiger partial charge in [-0.2, -0.15) is 8.97 Å². The lowest BCUT2D eigenvalue weighted by atomic mass is 10.1. The number of aryl methyl sites for hydroxylation is 1. The lowest BCUT2D eigenvalue weighted by Crippen LogP contribution is -3.00. The fourth-order valence-electron chi connectivity index (χ4n) is 3.86. The number of pyridine rings is 1. The number of esters is 1. The van der Waals surface area contributed by atoms with Crippen LogP contribution in [0.25, 0.3) is 33.0 Å². The van der Waals surface area contributed by atoms with Crippen LogP contribution in [0.3, 0.4) is 0 Å². The molecule has 0 amide bonds. The number of methoxy groups -OCH3 is 1. The fraction of sp³-hybridized carbons (Fsp3) is 0.0909. The predicted octanol–water partition coefficient (Wildman–Crippen LogP) is 1.09. The van der Waals surface area contributed by atoms with Gasteiger partial charge in [-0.3, -0.25) is 0 Å². The van der Waals surface area contributed by atoms with Crippen LogP contribution < -0.4 is 16.8 Å². The number of hydrogen-bond acceptors (Lipinski definition) is 2. The molecule has 0 radical (unpaired) electrons.